The minimum atomic E-state index is -0.651. The van der Waals surface area contributed by atoms with Crippen molar-refractivity contribution in [2.75, 3.05) is 20.1 Å². The van der Waals surface area contributed by atoms with E-state index in [9.17, 15) is 5.11 Å². The summed E-state index contributed by atoms with van der Waals surface area (Å²) in [5.74, 6) is 0. The van der Waals surface area contributed by atoms with Crippen molar-refractivity contribution in [2.45, 2.75) is 64.9 Å². The number of aliphatic imine (C=N–C) groups is 1. The largest absolute Gasteiger partial charge is 0.385 e. The van der Waals surface area contributed by atoms with E-state index in [2.05, 4.69) is 57.9 Å². The molecule has 3 nitrogen and oxygen atoms in total. The number of rotatable bonds is 2. The van der Waals surface area contributed by atoms with E-state index < -0.39 is 5.60 Å². The molecule has 0 aromatic heterocycles. The van der Waals surface area contributed by atoms with Gasteiger partial charge in [0.2, 0.25) is 0 Å². The highest BCUT2D eigenvalue weighted by Crippen LogP contribution is 2.33. The molecule has 0 bridgehead atoms. The third-order valence-electron chi connectivity index (χ3n) is 4.98. The second-order valence-electron chi connectivity index (χ2n) is 7.28. The Morgan fingerprint density at radius 3 is 2.04 bits per heavy atom. The van der Waals surface area contributed by atoms with Crippen LogP contribution in [0.25, 0.3) is 0 Å². The molecule has 0 atom stereocenters. The van der Waals surface area contributed by atoms with E-state index in [1.807, 2.05) is 0 Å². The van der Waals surface area contributed by atoms with Crippen LogP contribution in [0.15, 0.2) is 29.3 Å². The van der Waals surface area contributed by atoms with Gasteiger partial charge in [0.25, 0.3) is 0 Å². The van der Waals surface area contributed by atoms with E-state index >= 15 is 0 Å². The molecule has 2 aliphatic rings. The second-order valence-corrected chi connectivity index (χ2v) is 7.28. The SMILES string of the molecule is C.CN1CCC(O)(c2ccc(C3=NC(C)(C)CC3)cc2)CC1.[B]C. The Morgan fingerprint density at radius 2 is 1.58 bits per heavy atom. The molecule has 0 saturated carbocycles. The standard InChI is InChI=1S/C18H26N2O.CH3B.CH4/c1-17(2)9-8-16(19-17)14-4-6-15(7-5-14)18(21)10-12-20(3)13-11-18;1-2;/h4-7,21H,8-13H2,1-3H3;1H3;1H4. The topological polar surface area (TPSA) is 35.8 Å². The van der Waals surface area contributed by atoms with Gasteiger partial charge in [-0.2, -0.15) is 0 Å². The molecule has 0 amide bonds. The zero-order chi connectivity index (χ0) is 17.1. The maximum Gasteiger partial charge on any atom is 0.0920 e. The van der Waals surface area contributed by atoms with Crippen molar-refractivity contribution in [2.24, 2.45) is 4.99 Å². The molecule has 4 heteroatoms. The van der Waals surface area contributed by atoms with E-state index in [1.54, 1.807) is 0 Å². The van der Waals surface area contributed by atoms with Gasteiger partial charge in [-0.1, -0.05) is 38.5 Å². The molecule has 2 aliphatic heterocycles. The average Bonchev–Trinajstić information content (AvgIpc) is 2.93. The highest BCUT2D eigenvalue weighted by Gasteiger charge is 2.33. The van der Waals surface area contributed by atoms with Gasteiger partial charge in [0.1, 0.15) is 0 Å². The van der Waals surface area contributed by atoms with E-state index in [1.165, 1.54) is 18.1 Å². The summed E-state index contributed by atoms with van der Waals surface area (Å²) >= 11 is 0. The Labute approximate surface area is 149 Å². The van der Waals surface area contributed by atoms with E-state index in [4.69, 9.17) is 4.99 Å². The second kappa shape index (κ2) is 8.31. The molecule has 2 radical (unpaired) electrons. The number of hydrogen-bond acceptors (Lipinski definition) is 3. The van der Waals surface area contributed by atoms with Crippen molar-refractivity contribution >= 4 is 13.6 Å². The Morgan fingerprint density at radius 1 is 1.04 bits per heavy atom. The van der Waals surface area contributed by atoms with Crippen molar-refractivity contribution < 1.29 is 5.11 Å². The summed E-state index contributed by atoms with van der Waals surface area (Å²) in [6, 6.07) is 8.45. The molecule has 0 unspecified atom stereocenters. The number of hydrogen-bond donors (Lipinski definition) is 1. The number of piperidine rings is 1. The monoisotopic (exact) mass is 328 g/mol. The summed E-state index contributed by atoms with van der Waals surface area (Å²) in [5.41, 5.74) is 2.90. The Kier molecular flexibility index (Phi) is 7.24. The summed E-state index contributed by atoms with van der Waals surface area (Å²) in [6.07, 6.45) is 3.81. The first-order valence-electron chi connectivity index (χ1n) is 8.56. The maximum atomic E-state index is 10.8. The molecule has 3 rings (SSSR count). The van der Waals surface area contributed by atoms with Gasteiger partial charge in [-0.05, 0) is 57.7 Å². The van der Waals surface area contributed by atoms with E-state index in [-0.39, 0.29) is 13.0 Å². The summed E-state index contributed by atoms with van der Waals surface area (Å²) in [6.45, 7) is 7.80. The molecule has 1 N–H and O–H groups in total. The van der Waals surface area contributed by atoms with Gasteiger partial charge >= 0.3 is 0 Å². The van der Waals surface area contributed by atoms with Crippen LogP contribution >= 0.6 is 0 Å². The normalized spacial score (nSPS) is 22.0. The van der Waals surface area contributed by atoms with Crippen LogP contribution in [-0.4, -0.2) is 49.2 Å². The summed E-state index contributed by atoms with van der Waals surface area (Å²) < 4.78 is 0. The third kappa shape index (κ3) is 4.70. The fraction of sp³-hybridized carbons (Fsp3) is 0.650. The van der Waals surface area contributed by atoms with Gasteiger partial charge in [-0.15, -0.1) is 0 Å². The highest BCUT2D eigenvalue weighted by atomic mass is 16.3. The van der Waals surface area contributed by atoms with Crippen LogP contribution in [-0.2, 0) is 5.60 Å². The van der Waals surface area contributed by atoms with Crippen molar-refractivity contribution in [3.8, 4) is 0 Å². The fourth-order valence-electron chi connectivity index (χ4n) is 3.36. The molecule has 0 aliphatic carbocycles. The molecule has 0 spiro atoms. The Bertz CT molecular complexity index is 543. The molecule has 1 fully saturated rings. The lowest BCUT2D eigenvalue weighted by Crippen LogP contribution is -2.40. The lowest BCUT2D eigenvalue weighted by molar-refractivity contribution is -0.0203. The zero-order valence-corrected chi connectivity index (χ0v) is 15.0. The van der Waals surface area contributed by atoms with Crippen LogP contribution in [0, 0.1) is 0 Å². The predicted octanol–water partition coefficient (Wildman–Crippen LogP) is 3.80. The minimum Gasteiger partial charge on any atom is -0.385 e. The number of aliphatic hydroxyl groups is 1. The van der Waals surface area contributed by atoms with Gasteiger partial charge in [0.15, 0.2) is 0 Å². The first-order valence-corrected chi connectivity index (χ1v) is 8.56. The number of nitrogens with zero attached hydrogens (tertiary/aromatic N) is 2. The quantitative estimate of drug-likeness (QED) is 0.838. The maximum absolute atomic E-state index is 10.8. The van der Waals surface area contributed by atoms with Crippen molar-refractivity contribution in [3.05, 3.63) is 35.4 Å². The van der Waals surface area contributed by atoms with Crippen molar-refractivity contribution in [1.82, 2.24) is 4.90 Å². The molecule has 1 saturated heterocycles. The first-order chi connectivity index (χ1) is 10.9. The van der Waals surface area contributed by atoms with Gasteiger partial charge in [0, 0.05) is 18.8 Å². The molecular formula is C20H33BN2O. The molecule has 2 heterocycles. The molecule has 1 aromatic carbocycles. The lowest BCUT2D eigenvalue weighted by Gasteiger charge is -2.37. The van der Waals surface area contributed by atoms with Gasteiger partial charge in [-0.3, -0.25) is 4.99 Å². The van der Waals surface area contributed by atoms with Crippen LogP contribution in [0.3, 0.4) is 0 Å². The zero-order valence-electron chi connectivity index (χ0n) is 15.0. The summed E-state index contributed by atoms with van der Waals surface area (Å²) in [5, 5.41) is 10.8. The van der Waals surface area contributed by atoms with Gasteiger partial charge in [-0.25, -0.2) is 0 Å². The molecular weight excluding hydrogens is 295 g/mol. The van der Waals surface area contributed by atoms with Crippen molar-refractivity contribution in [1.29, 1.82) is 0 Å². The number of likely N-dealkylation sites (tertiary alicyclic amines) is 1. The van der Waals surface area contributed by atoms with Crippen molar-refractivity contribution in [3.63, 3.8) is 0 Å². The smallest absolute Gasteiger partial charge is 0.0920 e. The van der Waals surface area contributed by atoms with E-state index in [0.29, 0.717) is 0 Å². The minimum absolute atomic E-state index is 0. The van der Waals surface area contributed by atoms with Crippen LogP contribution in [0.1, 0.15) is 58.1 Å². The predicted molar refractivity (Wildman–Crippen MR) is 105 cm³/mol. The van der Waals surface area contributed by atoms with Crippen LogP contribution in [0.2, 0.25) is 6.82 Å². The fourth-order valence-corrected chi connectivity index (χ4v) is 3.36. The summed E-state index contributed by atoms with van der Waals surface area (Å²) in [7, 11) is 6.61. The third-order valence-corrected chi connectivity index (χ3v) is 4.98. The number of benzene rings is 1. The lowest BCUT2D eigenvalue weighted by atomic mass is 9.84. The van der Waals surface area contributed by atoms with Gasteiger partial charge in [0.05, 0.1) is 19.0 Å². The van der Waals surface area contributed by atoms with Crippen LogP contribution < -0.4 is 0 Å². The molecule has 1 aromatic rings. The van der Waals surface area contributed by atoms with Gasteiger partial charge < -0.3 is 10.0 Å². The molecule has 132 valence electrons. The van der Waals surface area contributed by atoms with E-state index in [0.717, 1.165) is 44.3 Å². The summed E-state index contributed by atoms with van der Waals surface area (Å²) in [4.78, 5) is 7.08. The van der Waals surface area contributed by atoms with Crippen LogP contribution in [0.5, 0.6) is 0 Å². The molecule has 24 heavy (non-hydrogen) atoms. The Balaban J connectivity index is 0.000000925. The Hall–Kier alpha value is -1.13. The first kappa shape index (κ1) is 20.9. The average molecular weight is 328 g/mol. The van der Waals surface area contributed by atoms with Crippen LogP contribution in [0.4, 0.5) is 0 Å². The highest BCUT2D eigenvalue weighted by molar-refractivity contribution is 6.05.